The number of carbonyl (C=O) groups is 1. The highest BCUT2D eigenvalue weighted by atomic mass is 19.2. The van der Waals surface area contributed by atoms with Gasteiger partial charge in [0.15, 0.2) is 23.3 Å². The van der Waals surface area contributed by atoms with E-state index in [1.54, 1.807) is 6.92 Å². The minimum atomic E-state index is -2.26. The Kier molecular flexibility index (Phi) is 4.04. The van der Waals surface area contributed by atoms with Crippen LogP contribution >= 0.6 is 0 Å². The van der Waals surface area contributed by atoms with Gasteiger partial charge in [0.1, 0.15) is 5.56 Å². The van der Waals surface area contributed by atoms with E-state index in [1.165, 1.54) is 19.3 Å². The van der Waals surface area contributed by atoms with Crippen LogP contribution in [0.4, 0.5) is 22.0 Å². The molecule has 1 aromatic carbocycles. The molecule has 0 saturated heterocycles. The Morgan fingerprint density at radius 1 is 0.846 bits per heavy atom. The highest BCUT2D eigenvalue weighted by molar-refractivity contribution is 5.95. The van der Waals surface area contributed by atoms with Crippen molar-refractivity contribution in [2.24, 2.45) is 23.2 Å². The van der Waals surface area contributed by atoms with E-state index in [1.807, 2.05) is 0 Å². The fraction of sp³-hybridized carbons (Fsp3) is 0.632. The second-order valence-electron chi connectivity index (χ2n) is 8.42. The first-order chi connectivity index (χ1) is 12.2. The van der Waals surface area contributed by atoms with Gasteiger partial charge in [-0.1, -0.05) is 0 Å². The summed E-state index contributed by atoms with van der Waals surface area (Å²) >= 11 is 0. The van der Waals surface area contributed by atoms with E-state index >= 15 is 0 Å². The first-order valence-electron chi connectivity index (χ1n) is 9.04. The van der Waals surface area contributed by atoms with Gasteiger partial charge in [-0.15, -0.1) is 0 Å². The average Bonchev–Trinajstić information content (AvgIpc) is 2.57. The standard InChI is InChI=1S/C19H20F5NO/c1-8(19-5-9-2-10(6-19)4-11(3-9)7-19)25-18(26)12-13(20)15(22)17(24)16(23)14(12)21/h8-11H,2-7H2,1H3,(H,25,26)/t8-,9?,10?,11?,19?/m1/s1. The lowest BCUT2D eigenvalue weighted by Crippen LogP contribution is -2.56. The maximum Gasteiger partial charge on any atom is 0.257 e. The van der Waals surface area contributed by atoms with Crippen LogP contribution in [0.15, 0.2) is 0 Å². The molecule has 0 radical (unpaired) electrons. The van der Waals surface area contributed by atoms with Gasteiger partial charge in [-0.25, -0.2) is 22.0 Å². The van der Waals surface area contributed by atoms with Gasteiger partial charge in [0.05, 0.1) is 0 Å². The third kappa shape index (κ3) is 2.54. The fourth-order valence-electron chi connectivity index (χ4n) is 5.93. The summed E-state index contributed by atoms with van der Waals surface area (Å²) in [6.45, 7) is 1.77. The van der Waals surface area contributed by atoms with Crippen LogP contribution in [0.1, 0.15) is 55.8 Å². The Morgan fingerprint density at radius 3 is 1.65 bits per heavy atom. The molecule has 4 aliphatic rings. The molecule has 4 saturated carbocycles. The Hall–Kier alpha value is -1.66. The Bertz CT molecular complexity index is 713. The van der Waals surface area contributed by atoms with Crippen LogP contribution in [0.5, 0.6) is 0 Å². The van der Waals surface area contributed by atoms with Crippen molar-refractivity contribution >= 4 is 5.91 Å². The Balaban J connectivity index is 1.60. The maximum atomic E-state index is 13.9. The lowest BCUT2D eigenvalue weighted by molar-refractivity contribution is -0.0688. The van der Waals surface area contributed by atoms with Crippen molar-refractivity contribution in [1.82, 2.24) is 5.32 Å². The molecule has 0 aliphatic heterocycles. The molecule has 4 bridgehead atoms. The molecule has 1 aromatic rings. The van der Waals surface area contributed by atoms with Crippen molar-refractivity contribution in [1.29, 1.82) is 0 Å². The number of halogens is 5. The Morgan fingerprint density at radius 2 is 1.23 bits per heavy atom. The summed E-state index contributed by atoms with van der Waals surface area (Å²) in [7, 11) is 0. The van der Waals surface area contributed by atoms with Crippen molar-refractivity contribution < 1.29 is 26.7 Å². The second kappa shape index (κ2) is 5.92. The van der Waals surface area contributed by atoms with Crippen molar-refractivity contribution in [2.75, 3.05) is 0 Å². The van der Waals surface area contributed by atoms with E-state index in [0.29, 0.717) is 17.8 Å². The van der Waals surface area contributed by atoms with Crippen LogP contribution in [0.2, 0.25) is 0 Å². The predicted octanol–water partition coefficient (Wildman–Crippen LogP) is 4.72. The molecule has 1 amide bonds. The van der Waals surface area contributed by atoms with Gasteiger partial charge in [-0.05, 0) is 68.6 Å². The molecule has 7 heteroatoms. The van der Waals surface area contributed by atoms with Crippen LogP contribution in [-0.2, 0) is 0 Å². The average molecular weight is 373 g/mol. The van der Waals surface area contributed by atoms with Crippen LogP contribution in [0, 0.1) is 52.3 Å². The summed E-state index contributed by atoms with van der Waals surface area (Å²) in [4.78, 5) is 12.4. The zero-order valence-corrected chi connectivity index (χ0v) is 14.4. The highest BCUT2D eigenvalue weighted by Crippen LogP contribution is 2.61. The molecule has 5 rings (SSSR count). The summed E-state index contributed by atoms with van der Waals surface area (Å²) in [6, 6.07) is -0.390. The molecule has 142 valence electrons. The monoisotopic (exact) mass is 373 g/mol. The molecule has 2 nitrogen and oxygen atoms in total. The summed E-state index contributed by atoms with van der Waals surface area (Å²) in [5.41, 5.74) is -1.55. The van der Waals surface area contributed by atoms with Gasteiger partial charge in [-0.3, -0.25) is 4.79 Å². The molecule has 4 aliphatic carbocycles. The third-order valence-electron chi connectivity index (χ3n) is 6.79. The number of amides is 1. The van der Waals surface area contributed by atoms with E-state index in [2.05, 4.69) is 5.32 Å². The summed E-state index contributed by atoms with van der Waals surface area (Å²) in [6.07, 6.45) is 6.40. The molecule has 0 spiro atoms. The zero-order valence-electron chi connectivity index (χ0n) is 14.4. The molecule has 1 N–H and O–H groups in total. The minimum Gasteiger partial charge on any atom is -0.349 e. The molecular weight excluding hydrogens is 353 g/mol. The van der Waals surface area contributed by atoms with Gasteiger partial charge in [0.2, 0.25) is 5.82 Å². The lowest BCUT2D eigenvalue weighted by Gasteiger charge is -2.59. The van der Waals surface area contributed by atoms with Crippen molar-refractivity contribution in [3.63, 3.8) is 0 Å². The maximum absolute atomic E-state index is 13.9. The minimum absolute atomic E-state index is 0.144. The fourth-order valence-corrected chi connectivity index (χ4v) is 5.93. The van der Waals surface area contributed by atoms with Crippen molar-refractivity contribution in [3.8, 4) is 0 Å². The smallest absolute Gasteiger partial charge is 0.257 e. The molecule has 4 fully saturated rings. The lowest BCUT2D eigenvalue weighted by atomic mass is 9.48. The summed E-state index contributed by atoms with van der Waals surface area (Å²) in [5.74, 6) is -10.1. The van der Waals surface area contributed by atoms with E-state index in [-0.39, 0.29) is 5.41 Å². The van der Waals surface area contributed by atoms with E-state index in [0.717, 1.165) is 19.3 Å². The second-order valence-corrected chi connectivity index (χ2v) is 8.42. The first kappa shape index (κ1) is 17.7. The van der Waals surface area contributed by atoms with Gasteiger partial charge in [-0.2, -0.15) is 0 Å². The van der Waals surface area contributed by atoms with Crippen molar-refractivity contribution in [2.45, 2.75) is 51.5 Å². The predicted molar refractivity (Wildman–Crippen MR) is 83.8 cm³/mol. The SMILES string of the molecule is C[C@@H](NC(=O)c1c(F)c(F)c(F)c(F)c1F)C12CC3CC(CC(C3)C1)C2. The van der Waals surface area contributed by atoms with Crippen LogP contribution in [-0.4, -0.2) is 11.9 Å². The summed E-state index contributed by atoms with van der Waals surface area (Å²) < 4.78 is 67.7. The quantitative estimate of drug-likeness (QED) is 0.464. The van der Waals surface area contributed by atoms with E-state index in [9.17, 15) is 26.7 Å². The largest absolute Gasteiger partial charge is 0.349 e. The van der Waals surface area contributed by atoms with Gasteiger partial charge in [0.25, 0.3) is 5.91 Å². The first-order valence-corrected chi connectivity index (χ1v) is 9.04. The van der Waals surface area contributed by atoms with Crippen LogP contribution in [0.25, 0.3) is 0 Å². The normalized spacial score (nSPS) is 33.4. The molecule has 0 heterocycles. The molecule has 0 aromatic heterocycles. The third-order valence-corrected chi connectivity index (χ3v) is 6.79. The van der Waals surface area contributed by atoms with E-state index < -0.39 is 46.6 Å². The molecule has 1 atom stereocenters. The van der Waals surface area contributed by atoms with Gasteiger partial charge >= 0.3 is 0 Å². The number of hydrogen-bond acceptors (Lipinski definition) is 1. The molecule has 0 unspecified atom stereocenters. The van der Waals surface area contributed by atoms with E-state index in [4.69, 9.17) is 0 Å². The van der Waals surface area contributed by atoms with Crippen LogP contribution < -0.4 is 5.32 Å². The topological polar surface area (TPSA) is 29.1 Å². The number of hydrogen-bond donors (Lipinski definition) is 1. The number of carbonyl (C=O) groups excluding carboxylic acids is 1. The van der Waals surface area contributed by atoms with Crippen molar-refractivity contribution in [3.05, 3.63) is 34.6 Å². The molecular formula is C19H20F5NO. The zero-order chi connectivity index (χ0) is 18.8. The van der Waals surface area contributed by atoms with Gasteiger partial charge < -0.3 is 5.32 Å². The summed E-state index contributed by atoms with van der Waals surface area (Å²) in [5, 5.41) is 2.53. The number of rotatable bonds is 3. The molecule has 26 heavy (non-hydrogen) atoms. The number of nitrogens with one attached hydrogen (secondary N) is 1. The Labute approximate surface area is 148 Å². The number of benzene rings is 1. The highest BCUT2D eigenvalue weighted by Gasteiger charge is 2.53. The van der Waals surface area contributed by atoms with Gasteiger partial charge in [0, 0.05) is 6.04 Å². The van der Waals surface area contributed by atoms with Crippen LogP contribution in [0.3, 0.4) is 0 Å².